The molecule has 0 bridgehead atoms. The highest BCUT2D eigenvalue weighted by Gasteiger charge is 2.22. The van der Waals surface area contributed by atoms with E-state index >= 15 is 0 Å². The zero-order valence-corrected chi connectivity index (χ0v) is 14.3. The third kappa shape index (κ3) is 4.43. The van der Waals surface area contributed by atoms with Crippen molar-refractivity contribution in [3.8, 4) is 0 Å². The van der Waals surface area contributed by atoms with Crippen LogP contribution in [0.1, 0.15) is 16.1 Å². The number of nitrogens with one attached hydrogen (secondary N) is 1. The summed E-state index contributed by atoms with van der Waals surface area (Å²) in [4.78, 5) is 29.2. The predicted octanol–water partition coefficient (Wildman–Crippen LogP) is 2.53. The Balaban J connectivity index is 1.39. The SMILES string of the molecule is O=C(CCN1CCN(C(=O)c2cccs2)CC1)Nc1ccccc1. The molecule has 2 amide bonds. The standard InChI is InChI=1S/C18H21N3O2S/c22-17(19-15-5-2-1-3-6-15)8-9-20-10-12-21(13-11-20)18(23)16-7-4-14-24-16/h1-7,14H,8-13H2,(H,19,22). The molecule has 0 spiro atoms. The van der Waals surface area contributed by atoms with E-state index in [1.807, 2.05) is 52.7 Å². The van der Waals surface area contributed by atoms with E-state index in [0.717, 1.165) is 43.3 Å². The second kappa shape index (κ2) is 8.08. The lowest BCUT2D eigenvalue weighted by atomic mass is 10.2. The van der Waals surface area contributed by atoms with E-state index in [-0.39, 0.29) is 11.8 Å². The number of hydrogen-bond donors (Lipinski definition) is 1. The van der Waals surface area contributed by atoms with E-state index in [4.69, 9.17) is 0 Å². The molecular formula is C18H21N3O2S. The van der Waals surface area contributed by atoms with E-state index < -0.39 is 0 Å². The molecule has 0 unspecified atom stereocenters. The molecule has 1 aromatic carbocycles. The van der Waals surface area contributed by atoms with Gasteiger partial charge in [0, 0.05) is 44.8 Å². The van der Waals surface area contributed by atoms with Crippen LogP contribution in [0.5, 0.6) is 0 Å². The summed E-state index contributed by atoms with van der Waals surface area (Å²) in [5.74, 6) is 0.143. The maximum absolute atomic E-state index is 12.3. The van der Waals surface area contributed by atoms with E-state index in [2.05, 4.69) is 10.2 Å². The largest absolute Gasteiger partial charge is 0.335 e. The van der Waals surface area contributed by atoms with Gasteiger partial charge in [-0.1, -0.05) is 24.3 Å². The minimum absolute atomic E-state index is 0.0262. The summed E-state index contributed by atoms with van der Waals surface area (Å²) in [5.41, 5.74) is 0.828. The van der Waals surface area contributed by atoms with Gasteiger partial charge in [0.1, 0.15) is 0 Å². The summed E-state index contributed by atoms with van der Waals surface area (Å²) in [6.45, 7) is 3.79. The first-order valence-electron chi connectivity index (χ1n) is 8.12. The summed E-state index contributed by atoms with van der Waals surface area (Å²) in [6, 6.07) is 13.3. The average Bonchev–Trinajstić information content (AvgIpc) is 3.15. The number of hydrogen-bond acceptors (Lipinski definition) is 4. The van der Waals surface area contributed by atoms with Gasteiger partial charge in [-0.05, 0) is 23.6 Å². The number of nitrogens with zero attached hydrogens (tertiary/aromatic N) is 2. The number of para-hydroxylation sites is 1. The molecule has 5 nitrogen and oxygen atoms in total. The summed E-state index contributed by atoms with van der Waals surface area (Å²) in [7, 11) is 0. The Labute approximate surface area is 145 Å². The zero-order valence-electron chi connectivity index (χ0n) is 13.5. The number of carbonyl (C=O) groups excluding carboxylic acids is 2. The smallest absolute Gasteiger partial charge is 0.264 e. The van der Waals surface area contributed by atoms with Crippen molar-refractivity contribution in [3.05, 3.63) is 52.7 Å². The topological polar surface area (TPSA) is 52.7 Å². The molecule has 24 heavy (non-hydrogen) atoms. The Morgan fingerprint density at radius 1 is 1.00 bits per heavy atom. The Morgan fingerprint density at radius 3 is 2.42 bits per heavy atom. The Morgan fingerprint density at radius 2 is 1.75 bits per heavy atom. The van der Waals surface area contributed by atoms with Crippen LogP contribution in [0.15, 0.2) is 47.8 Å². The van der Waals surface area contributed by atoms with E-state index in [1.165, 1.54) is 11.3 Å². The average molecular weight is 343 g/mol. The molecule has 1 N–H and O–H groups in total. The fourth-order valence-electron chi connectivity index (χ4n) is 2.74. The van der Waals surface area contributed by atoms with Crippen molar-refractivity contribution < 1.29 is 9.59 Å². The van der Waals surface area contributed by atoms with Gasteiger partial charge in [0.05, 0.1) is 4.88 Å². The first-order valence-corrected chi connectivity index (χ1v) is 9.00. The van der Waals surface area contributed by atoms with Crippen molar-refractivity contribution in [2.24, 2.45) is 0 Å². The van der Waals surface area contributed by atoms with Crippen molar-refractivity contribution in [3.63, 3.8) is 0 Å². The summed E-state index contributed by atoms with van der Waals surface area (Å²) >= 11 is 1.48. The molecule has 2 heterocycles. The minimum atomic E-state index is 0.0262. The van der Waals surface area contributed by atoms with Gasteiger partial charge < -0.3 is 10.2 Å². The highest BCUT2D eigenvalue weighted by atomic mass is 32.1. The second-order valence-corrected chi connectivity index (χ2v) is 6.72. The molecule has 1 saturated heterocycles. The van der Waals surface area contributed by atoms with Crippen molar-refractivity contribution in [1.82, 2.24) is 9.80 Å². The van der Waals surface area contributed by atoms with Crippen LogP contribution in [0.4, 0.5) is 5.69 Å². The molecule has 0 saturated carbocycles. The van der Waals surface area contributed by atoms with Crippen molar-refractivity contribution in [1.29, 1.82) is 0 Å². The fraction of sp³-hybridized carbons (Fsp3) is 0.333. The first kappa shape index (κ1) is 16.7. The van der Waals surface area contributed by atoms with E-state index in [9.17, 15) is 9.59 Å². The van der Waals surface area contributed by atoms with Gasteiger partial charge in [-0.2, -0.15) is 0 Å². The van der Waals surface area contributed by atoms with Crippen molar-refractivity contribution >= 4 is 28.8 Å². The normalized spacial score (nSPS) is 15.2. The molecule has 0 aliphatic carbocycles. The minimum Gasteiger partial charge on any atom is -0.335 e. The number of rotatable bonds is 5. The van der Waals surface area contributed by atoms with Crippen molar-refractivity contribution in [2.75, 3.05) is 38.0 Å². The Kier molecular flexibility index (Phi) is 5.61. The van der Waals surface area contributed by atoms with Gasteiger partial charge in [-0.15, -0.1) is 11.3 Å². The lowest BCUT2D eigenvalue weighted by Gasteiger charge is -2.34. The second-order valence-electron chi connectivity index (χ2n) is 5.78. The summed E-state index contributed by atoms with van der Waals surface area (Å²) in [5, 5.41) is 4.82. The summed E-state index contributed by atoms with van der Waals surface area (Å²) in [6.07, 6.45) is 0.466. The van der Waals surface area contributed by atoms with Gasteiger partial charge in [0.25, 0.3) is 5.91 Å². The van der Waals surface area contributed by atoms with Crippen LogP contribution in [-0.2, 0) is 4.79 Å². The number of piperazine rings is 1. The number of benzene rings is 1. The van der Waals surface area contributed by atoms with Gasteiger partial charge in [-0.25, -0.2) is 0 Å². The molecule has 1 aliphatic rings. The predicted molar refractivity (Wildman–Crippen MR) is 96.4 cm³/mol. The number of amides is 2. The van der Waals surface area contributed by atoms with Gasteiger partial charge >= 0.3 is 0 Å². The summed E-state index contributed by atoms with van der Waals surface area (Å²) < 4.78 is 0. The van der Waals surface area contributed by atoms with Crippen LogP contribution in [0.25, 0.3) is 0 Å². The van der Waals surface area contributed by atoms with Gasteiger partial charge in [-0.3, -0.25) is 14.5 Å². The molecule has 3 rings (SSSR count). The van der Waals surface area contributed by atoms with Gasteiger partial charge in [0.15, 0.2) is 0 Å². The maximum atomic E-state index is 12.3. The zero-order chi connectivity index (χ0) is 16.8. The molecule has 0 radical (unpaired) electrons. The molecule has 0 atom stereocenters. The van der Waals surface area contributed by atoms with Crippen molar-refractivity contribution in [2.45, 2.75) is 6.42 Å². The maximum Gasteiger partial charge on any atom is 0.264 e. The van der Waals surface area contributed by atoms with E-state index in [0.29, 0.717) is 6.42 Å². The Bertz CT molecular complexity index is 665. The highest BCUT2D eigenvalue weighted by Crippen LogP contribution is 2.14. The van der Waals surface area contributed by atoms with Crippen LogP contribution in [0.2, 0.25) is 0 Å². The fourth-order valence-corrected chi connectivity index (χ4v) is 3.43. The lowest BCUT2D eigenvalue weighted by Crippen LogP contribution is -2.49. The third-order valence-electron chi connectivity index (χ3n) is 4.10. The molecule has 6 heteroatoms. The number of thiophene rings is 1. The molecule has 126 valence electrons. The molecule has 1 fully saturated rings. The van der Waals surface area contributed by atoms with E-state index in [1.54, 1.807) is 0 Å². The molecular weight excluding hydrogens is 322 g/mol. The van der Waals surface area contributed by atoms with Crippen LogP contribution in [-0.4, -0.2) is 54.3 Å². The van der Waals surface area contributed by atoms with Crippen LogP contribution >= 0.6 is 11.3 Å². The van der Waals surface area contributed by atoms with Crippen LogP contribution in [0.3, 0.4) is 0 Å². The molecule has 1 aromatic heterocycles. The van der Waals surface area contributed by atoms with Crippen LogP contribution in [0, 0.1) is 0 Å². The highest BCUT2D eigenvalue weighted by molar-refractivity contribution is 7.12. The number of anilines is 1. The van der Waals surface area contributed by atoms with Crippen LogP contribution < -0.4 is 5.32 Å². The lowest BCUT2D eigenvalue weighted by molar-refractivity contribution is -0.116. The molecule has 1 aliphatic heterocycles. The monoisotopic (exact) mass is 343 g/mol. The quantitative estimate of drug-likeness (QED) is 0.908. The third-order valence-corrected chi connectivity index (χ3v) is 4.96. The number of carbonyl (C=O) groups is 2. The molecule has 2 aromatic rings. The first-order chi connectivity index (χ1) is 11.7. The Hall–Kier alpha value is -2.18. The van der Waals surface area contributed by atoms with Gasteiger partial charge in [0.2, 0.25) is 5.91 Å².